The summed E-state index contributed by atoms with van der Waals surface area (Å²) in [6.07, 6.45) is 0.206. The van der Waals surface area contributed by atoms with Crippen LogP contribution in [0.15, 0.2) is 41.2 Å². The van der Waals surface area contributed by atoms with Crippen LogP contribution in [0.4, 0.5) is 0 Å². The number of hydrogen-bond donors (Lipinski definition) is 5. The number of phenolic OH excluding ortho intramolecular Hbond substituents is 1. The van der Waals surface area contributed by atoms with Gasteiger partial charge >= 0.3 is 0 Å². The zero-order chi connectivity index (χ0) is 28.7. The molecule has 2 aromatic carbocycles. The number of aliphatic hydroxyl groups excluding tert-OH is 2. The lowest BCUT2D eigenvalue weighted by atomic mass is 9.57. The van der Waals surface area contributed by atoms with Crippen molar-refractivity contribution in [2.24, 2.45) is 17.6 Å². The molecular weight excluding hydrogens is 506 g/mol. The minimum atomic E-state index is -2.69. The quantitative estimate of drug-likeness (QED) is 0.355. The highest BCUT2D eigenvalue weighted by Gasteiger charge is 2.64. The van der Waals surface area contributed by atoms with Gasteiger partial charge in [-0.25, -0.2) is 0 Å². The molecule has 1 saturated carbocycles. The first kappa shape index (κ1) is 26.4. The molecule has 2 aromatic rings. The summed E-state index contributed by atoms with van der Waals surface area (Å²) in [6.45, 7) is 0. The van der Waals surface area contributed by atoms with Crippen molar-refractivity contribution in [3.05, 3.63) is 57.9 Å². The number of carbonyl (C=O) groups excluding carboxylic acids is 4. The molecule has 3 aliphatic carbocycles. The van der Waals surface area contributed by atoms with E-state index in [1.165, 1.54) is 15.9 Å². The highest BCUT2D eigenvalue weighted by molar-refractivity contribution is 6.24. The molecule has 0 heterocycles. The maximum atomic E-state index is 13.9. The van der Waals surface area contributed by atoms with Crippen molar-refractivity contribution < 1.29 is 39.6 Å². The third-order valence-electron chi connectivity index (χ3n) is 8.18. The van der Waals surface area contributed by atoms with Crippen LogP contribution in [0.3, 0.4) is 0 Å². The van der Waals surface area contributed by atoms with Gasteiger partial charge in [-0.15, -0.1) is 0 Å². The number of carbonyl (C=O) groups is 4. The summed E-state index contributed by atoms with van der Waals surface area (Å²) in [5.74, 6) is -7.28. The molecule has 0 bridgehead atoms. The number of aliphatic hydroxyl groups is 3. The number of hydrogen-bond acceptors (Lipinski definition) is 9. The second-order valence-electron chi connectivity index (χ2n) is 10.9. The summed E-state index contributed by atoms with van der Waals surface area (Å²) in [7, 11) is 6.28. The van der Waals surface area contributed by atoms with Gasteiger partial charge in [-0.05, 0) is 55.9 Å². The van der Waals surface area contributed by atoms with Gasteiger partial charge in [0.1, 0.15) is 22.8 Å². The number of rotatable bonds is 3. The van der Waals surface area contributed by atoms with Crippen molar-refractivity contribution in [2.45, 2.75) is 24.5 Å². The lowest BCUT2D eigenvalue weighted by Gasteiger charge is -2.50. The number of fused-ring (bicyclic) bond motifs is 4. The molecule has 5 rings (SSSR count). The van der Waals surface area contributed by atoms with E-state index in [4.69, 9.17) is 5.73 Å². The summed E-state index contributed by atoms with van der Waals surface area (Å²) < 4.78 is 0. The maximum Gasteiger partial charge on any atom is 0.255 e. The molecular formula is C28H29N3O8. The maximum absolute atomic E-state index is 13.9. The molecule has 1 fully saturated rings. The fraction of sp³-hybridized carbons (Fsp3) is 0.357. The van der Waals surface area contributed by atoms with Crippen molar-refractivity contribution in [3.8, 4) is 5.75 Å². The molecule has 0 saturated heterocycles. The predicted octanol–water partition coefficient (Wildman–Crippen LogP) is 0.819. The number of nitrogens with two attached hydrogens (primary N) is 1. The van der Waals surface area contributed by atoms with Crippen LogP contribution in [-0.2, 0) is 20.8 Å². The molecule has 0 unspecified atom stereocenters. The Morgan fingerprint density at radius 1 is 1.05 bits per heavy atom. The molecule has 11 heteroatoms. The van der Waals surface area contributed by atoms with Crippen molar-refractivity contribution in [2.75, 3.05) is 28.2 Å². The van der Waals surface area contributed by atoms with E-state index in [1.54, 1.807) is 46.4 Å². The van der Waals surface area contributed by atoms with Crippen LogP contribution in [0.2, 0.25) is 0 Å². The van der Waals surface area contributed by atoms with Gasteiger partial charge in [0.25, 0.3) is 11.8 Å². The van der Waals surface area contributed by atoms with Crippen LogP contribution in [0.5, 0.6) is 5.75 Å². The van der Waals surface area contributed by atoms with E-state index in [-0.39, 0.29) is 41.0 Å². The summed E-state index contributed by atoms with van der Waals surface area (Å²) in [4.78, 5) is 54.5. The average molecular weight is 536 g/mol. The Labute approximate surface area is 223 Å². The third kappa shape index (κ3) is 3.50. The van der Waals surface area contributed by atoms with Crippen LogP contribution in [0.25, 0.3) is 16.5 Å². The van der Waals surface area contributed by atoms with Crippen LogP contribution in [0.1, 0.15) is 27.9 Å². The fourth-order valence-electron chi connectivity index (χ4n) is 6.40. The smallest absolute Gasteiger partial charge is 0.255 e. The summed E-state index contributed by atoms with van der Waals surface area (Å²) in [6, 6.07) is 5.42. The van der Waals surface area contributed by atoms with Crippen LogP contribution in [-0.4, -0.2) is 93.4 Å². The Hall–Kier alpha value is -4.22. The summed E-state index contributed by atoms with van der Waals surface area (Å²) >= 11 is 0. The Morgan fingerprint density at radius 2 is 1.72 bits per heavy atom. The second-order valence-corrected chi connectivity index (χ2v) is 10.9. The number of benzene rings is 2. The first-order chi connectivity index (χ1) is 18.2. The first-order valence-electron chi connectivity index (χ1n) is 12.4. The van der Waals surface area contributed by atoms with Gasteiger partial charge in [0.05, 0.1) is 11.6 Å². The fourth-order valence-corrected chi connectivity index (χ4v) is 6.40. The van der Waals surface area contributed by atoms with Gasteiger partial charge in [0, 0.05) is 36.5 Å². The van der Waals surface area contributed by atoms with Crippen molar-refractivity contribution in [1.29, 1.82) is 0 Å². The first-order valence-corrected chi connectivity index (χ1v) is 12.4. The molecule has 204 valence electrons. The van der Waals surface area contributed by atoms with Crippen molar-refractivity contribution >= 4 is 39.9 Å². The second kappa shape index (κ2) is 8.65. The normalized spacial score (nSPS) is 26.5. The molecule has 0 aromatic heterocycles. The van der Waals surface area contributed by atoms with Gasteiger partial charge in [0.15, 0.2) is 11.4 Å². The minimum absolute atomic E-state index is 0.0147. The SMILES string of the molecule is CN(C)C(=O)c1ccc2cc3c(c(O)c2c1)C(O)=C1C(=O)[C@]2(O)C(O)=C(C(N)=O)C(=O)[C@@H](N(C)C)[C@@H]2C[C@@H]1C3. The standard InChI is InChI=1S/C28H29N3O8/c1-30(2)20-16-10-14-8-13-7-11-5-6-12(27(38)31(3)4)9-15(11)21(32)17(13)22(33)18(14)24(35)28(16,39)25(36)19(23(20)34)26(29)37/h5-7,9,14,16,20,32-33,36,39H,8,10H2,1-4H3,(H2,29,37)/t14-,16-,20-,28-/m0/s1. The summed E-state index contributed by atoms with van der Waals surface area (Å²) in [5, 5.41) is 46.1. The largest absolute Gasteiger partial charge is 0.508 e. The predicted molar refractivity (Wildman–Crippen MR) is 140 cm³/mol. The molecule has 39 heavy (non-hydrogen) atoms. The number of nitrogens with zero attached hydrogens (tertiary/aromatic N) is 2. The number of aromatic hydroxyl groups is 1. The Kier molecular flexibility index (Phi) is 5.85. The number of ketones is 2. The highest BCUT2D eigenvalue weighted by Crippen LogP contribution is 2.53. The minimum Gasteiger partial charge on any atom is -0.508 e. The van der Waals surface area contributed by atoms with E-state index in [0.717, 1.165) is 0 Å². The van der Waals surface area contributed by atoms with Crippen molar-refractivity contribution in [1.82, 2.24) is 9.80 Å². The molecule has 4 atom stereocenters. The van der Waals surface area contributed by atoms with E-state index in [1.807, 2.05) is 0 Å². The molecule has 2 amide bonds. The monoisotopic (exact) mass is 535 g/mol. The van der Waals surface area contributed by atoms with Gasteiger partial charge in [-0.2, -0.15) is 0 Å². The highest BCUT2D eigenvalue weighted by atomic mass is 16.3. The Bertz CT molecular complexity index is 1570. The van der Waals surface area contributed by atoms with Gasteiger partial charge in [-0.1, -0.05) is 12.1 Å². The van der Waals surface area contributed by atoms with E-state index >= 15 is 0 Å². The Morgan fingerprint density at radius 3 is 2.31 bits per heavy atom. The lowest BCUT2D eigenvalue weighted by molar-refractivity contribution is -0.153. The van der Waals surface area contributed by atoms with Crippen LogP contribution < -0.4 is 5.73 Å². The molecule has 0 spiro atoms. The van der Waals surface area contributed by atoms with Crippen molar-refractivity contribution in [3.63, 3.8) is 0 Å². The topological polar surface area (TPSA) is 182 Å². The summed E-state index contributed by atoms with van der Waals surface area (Å²) in [5.41, 5.74) is 2.40. The van der Waals surface area contributed by atoms with E-state index in [9.17, 15) is 39.6 Å². The molecule has 0 aliphatic heterocycles. The van der Waals surface area contributed by atoms with E-state index < -0.39 is 58.0 Å². The average Bonchev–Trinajstić information content (AvgIpc) is 2.85. The number of primary amides is 1. The lowest BCUT2D eigenvalue weighted by Crippen LogP contribution is -2.65. The Balaban J connectivity index is 1.73. The van der Waals surface area contributed by atoms with Gasteiger partial charge < -0.3 is 31.1 Å². The zero-order valence-electron chi connectivity index (χ0n) is 21.8. The third-order valence-corrected chi connectivity index (χ3v) is 8.18. The number of Topliss-reactive ketones (excluding diaryl/α,β-unsaturated/α-hetero) is 2. The molecule has 0 radical (unpaired) electrons. The van der Waals surface area contributed by atoms with Gasteiger partial charge in [0.2, 0.25) is 5.78 Å². The zero-order valence-corrected chi connectivity index (χ0v) is 21.8. The van der Waals surface area contributed by atoms with E-state index in [0.29, 0.717) is 16.5 Å². The molecule has 3 aliphatic rings. The molecule has 6 N–H and O–H groups in total. The van der Waals surface area contributed by atoms with Crippen LogP contribution in [0, 0.1) is 11.8 Å². The number of phenols is 1. The number of amides is 2. The number of likely N-dealkylation sites (N-methyl/N-ethyl adjacent to an activating group) is 1. The van der Waals surface area contributed by atoms with E-state index in [2.05, 4.69) is 0 Å². The van der Waals surface area contributed by atoms with Crippen LogP contribution >= 0.6 is 0 Å². The molecule has 11 nitrogen and oxygen atoms in total. The van der Waals surface area contributed by atoms with Gasteiger partial charge in [-0.3, -0.25) is 24.1 Å².